The molecule has 2 aromatic rings. The molecule has 22 heavy (non-hydrogen) atoms. The number of ether oxygens (including phenoxy) is 1. The summed E-state index contributed by atoms with van der Waals surface area (Å²) in [5, 5.41) is 0.690. The number of halogens is 1. The topological polar surface area (TPSA) is 29.5 Å². The maximum absolute atomic E-state index is 12.4. The van der Waals surface area contributed by atoms with Crippen molar-refractivity contribution < 1.29 is 9.53 Å². The number of para-hydroxylation sites is 1. The standard InChI is InChI=1S/C18H20ClNO2/c1-14(2)20(17-6-4-3-5-7-17)18(21)13-22-12-15-8-10-16(19)11-9-15/h3-11,14H,12-13H2,1-2H3. The van der Waals surface area contributed by atoms with Crippen LogP contribution >= 0.6 is 11.6 Å². The molecule has 0 saturated carbocycles. The van der Waals surface area contributed by atoms with Crippen LogP contribution in [0.2, 0.25) is 5.02 Å². The zero-order valence-corrected chi connectivity index (χ0v) is 13.6. The van der Waals surface area contributed by atoms with Gasteiger partial charge in [0.1, 0.15) is 6.61 Å². The van der Waals surface area contributed by atoms with Gasteiger partial charge in [0.25, 0.3) is 5.91 Å². The van der Waals surface area contributed by atoms with Crippen molar-refractivity contribution in [2.75, 3.05) is 11.5 Å². The van der Waals surface area contributed by atoms with Gasteiger partial charge in [0.15, 0.2) is 0 Å². The predicted octanol–water partition coefficient (Wildman–Crippen LogP) is 4.30. The molecule has 0 fully saturated rings. The summed E-state index contributed by atoms with van der Waals surface area (Å²) in [5.74, 6) is -0.0461. The fourth-order valence-corrected chi connectivity index (χ4v) is 2.35. The molecule has 4 heteroatoms. The van der Waals surface area contributed by atoms with E-state index in [0.717, 1.165) is 11.3 Å². The molecule has 0 unspecified atom stereocenters. The van der Waals surface area contributed by atoms with Gasteiger partial charge < -0.3 is 9.64 Å². The molecule has 2 rings (SSSR count). The largest absolute Gasteiger partial charge is 0.367 e. The highest BCUT2D eigenvalue weighted by molar-refractivity contribution is 6.30. The highest BCUT2D eigenvalue weighted by Gasteiger charge is 2.18. The summed E-state index contributed by atoms with van der Waals surface area (Å²) >= 11 is 5.84. The molecule has 116 valence electrons. The Bertz CT molecular complexity index is 596. The van der Waals surface area contributed by atoms with Crippen LogP contribution in [0.3, 0.4) is 0 Å². The number of hydrogen-bond acceptors (Lipinski definition) is 2. The van der Waals surface area contributed by atoms with E-state index < -0.39 is 0 Å². The van der Waals surface area contributed by atoms with Crippen molar-refractivity contribution in [3.63, 3.8) is 0 Å². The lowest BCUT2D eigenvalue weighted by Gasteiger charge is -2.26. The third kappa shape index (κ3) is 4.58. The van der Waals surface area contributed by atoms with Gasteiger partial charge in [-0.2, -0.15) is 0 Å². The Morgan fingerprint density at radius 2 is 1.73 bits per heavy atom. The Hall–Kier alpha value is -1.84. The van der Waals surface area contributed by atoms with E-state index in [2.05, 4.69) is 0 Å². The van der Waals surface area contributed by atoms with Crippen LogP contribution in [0.5, 0.6) is 0 Å². The summed E-state index contributed by atoms with van der Waals surface area (Å²) in [6, 6.07) is 17.1. The zero-order chi connectivity index (χ0) is 15.9. The lowest BCUT2D eigenvalue weighted by molar-refractivity contribution is -0.123. The molecule has 1 amide bonds. The Labute approximate surface area is 136 Å². The molecule has 2 aromatic carbocycles. The second kappa shape index (κ2) is 7.97. The second-order valence-electron chi connectivity index (χ2n) is 5.31. The molecule has 0 atom stereocenters. The van der Waals surface area contributed by atoms with Gasteiger partial charge >= 0.3 is 0 Å². The molecule has 0 aromatic heterocycles. The Kier molecular flexibility index (Phi) is 5.99. The van der Waals surface area contributed by atoms with E-state index >= 15 is 0 Å². The zero-order valence-electron chi connectivity index (χ0n) is 12.8. The summed E-state index contributed by atoms with van der Waals surface area (Å²) in [5.41, 5.74) is 1.88. The van der Waals surface area contributed by atoms with Crippen LogP contribution in [0.25, 0.3) is 0 Å². The quantitative estimate of drug-likeness (QED) is 0.795. The molecule has 3 nitrogen and oxygen atoms in total. The molecular weight excluding hydrogens is 298 g/mol. The molecule has 0 saturated heterocycles. The van der Waals surface area contributed by atoms with E-state index in [4.69, 9.17) is 16.3 Å². The molecular formula is C18H20ClNO2. The Morgan fingerprint density at radius 1 is 1.09 bits per heavy atom. The second-order valence-corrected chi connectivity index (χ2v) is 5.75. The molecule has 0 spiro atoms. The molecule has 0 radical (unpaired) electrons. The number of rotatable bonds is 6. The average molecular weight is 318 g/mol. The number of carbonyl (C=O) groups excluding carboxylic acids is 1. The van der Waals surface area contributed by atoms with E-state index in [1.165, 1.54) is 0 Å². The van der Waals surface area contributed by atoms with Crippen molar-refractivity contribution in [2.45, 2.75) is 26.5 Å². The number of anilines is 1. The predicted molar refractivity (Wildman–Crippen MR) is 90.2 cm³/mol. The van der Waals surface area contributed by atoms with E-state index in [9.17, 15) is 4.79 Å². The third-order valence-electron chi connectivity index (χ3n) is 3.23. The van der Waals surface area contributed by atoms with E-state index in [0.29, 0.717) is 11.6 Å². The van der Waals surface area contributed by atoms with Crippen LogP contribution in [0.15, 0.2) is 54.6 Å². The summed E-state index contributed by atoms with van der Waals surface area (Å²) in [6.07, 6.45) is 0. The van der Waals surface area contributed by atoms with Crippen LogP contribution in [0.4, 0.5) is 5.69 Å². The normalized spacial score (nSPS) is 10.7. The van der Waals surface area contributed by atoms with Gasteiger partial charge in [-0.05, 0) is 43.7 Å². The van der Waals surface area contributed by atoms with Crippen molar-refractivity contribution in [1.82, 2.24) is 0 Å². The first-order chi connectivity index (χ1) is 10.6. The maximum atomic E-state index is 12.4. The number of carbonyl (C=O) groups is 1. The molecule has 0 N–H and O–H groups in total. The van der Waals surface area contributed by atoms with Crippen molar-refractivity contribution >= 4 is 23.2 Å². The molecule has 0 bridgehead atoms. The van der Waals surface area contributed by atoms with Gasteiger partial charge in [0, 0.05) is 16.8 Å². The van der Waals surface area contributed by atoms with Crippen LogP contribution in [-0.4, -0.2) is 18.6 Å². The monoisotopic (exact) mass is 317 g/mol. The van der Waals surface area contributed by atoms with Gasteiger partial charge in [-0.25, -0.2) is 0 Å². The first-order valence-electron chi connectivity index (χ1n) is 7.27. The van der Waals surface area contributed by atoms with Crippen molar-refractivity contribution in [3.05, 3.63) is 65.2 Å². The fraction of sp³-hybridized carbons (Fsp3) is 0.278. The highest BCUT2D eigenvalue weighted by Crippen LogP contribution is 2.17. The van der Waals surface area contributed by atoms with E-state index in [1.807, 2.05) is 68.4 Å². The Balaban J connectivity index is 1.93. The number of amides is 1. The molecule has 0 aliphatic heterocycles. The smallest absolute Gasteiger partial charge is 0.253 e. The van der Waals surface area contributed by atoms with E-state index in [1.54, 1.807) is 4.90 Å². The van der Waals surface area contributed by atoms with E-state index in [-0.39, 0.29) is 18.6 Å². The van der Waals surface area contributed by atoms with Crippen molar-refractivity contribution in [1.29, 1.82) is 0 Å². The molecule has 0 heterocycles. The third-order valence-corrected chi connectivity index (χ3v) is 3.48. The lowest BCUT2D eigenvalue weighted by atomic mass is 10.2. The van der Waals surface area contributed by atoms with Gasteiger partial charge in [-0.3, -0.25) is 4.79 Å². The summed E-state index contributed by atoms with van der Waals surface area (Å²) in [4.78, 5) is 14.2. The van der Waals surface area contributed by atoms with Crippen molar-refractivity contribution in [3.8, 4) is 0 Å². The lowest BCUT2D eigenvalue weighted by Crippen LogP contribution is -2.39. The first kappa shape index (κ1) is 16.5. The van der Waals surface area contributed by atoms with Crippen LogP contribution in [0, 0.1) is 0 Å². The van der Waals surface area contributed by atoms with Crippen molar-refractivity contribution in [2.24, 2.45) is 0 Å². The van der Waals surface area contributed by atoms with Gasteiger partial charge in [-0.1, -0.05) is 41.9 Å². The SMILES string of the molecule is CC(C)N(C(=O)COCc1ccc(Cl)cc1)c1ccccc1. The average Bonchev–Trinajstić information content (AvgIpc) is 2.50. The van der Waals surface area contributed by atoms with Gasteiger partial charge in [0.2, 0.25) is 0 Å². The first-order valence-corrected chi connectivity index (χ1v) is 7.65. The minimum atomic E-state index is -0.0461. The summed E-state index contributed by atoms with van der Waals surface area (Å²) in [6.45, 7) is 4.42. The van der Waals surface area contributed by atoms with Crippen LogP contribution < -0.4 is 4.90 Å². The fourth-order valence-electron chi connectivity index (χ4n) is 2.23. The highest BCUT2D eigenvalue weighted by atomic mass is 35.5. The minimum absolute atomic E-state index is 0.0461. The Morgan fingerprint density at radius 3 is 2.32 bits per heavy atom. The van der Waals surface area contributed by atoms with Gasteiger partial charge in [0.05, 0.1) is 6.61 Å². The minimum Gasteiger partial charge on any atom is -0.367 e. The van der Waals surface area contributed by atoms with Gasteiger partial charge in [-0.15, -0.1) is 0 Å². The number of hydrogen-bond donors (Lipinski definition) is 0. The molecule has 0 aliphatic carbocycles. The number of benzene rings is 2. The summed E-state index contributed by atoms with van der Waals surface area (Å²) in [7, 11) is 0. The summed E-state index contributed by atoms with van der Waals surface area (Å²) < 4.78 is 5.54. The van der Waals surface area contributed by atoms with Crippen LogP contribution in [-0.2, 0) is 16.1 Å². The number of nitrogens with zero attached hydrogens (tertiary/aromatic N) is 1. The maximum Gasteiger partial charge on any atom is 0.253 e. The van der Waals surface area contributed by atoms with Crippen LogP contribution in [0.1, 0.15) is 19.4 Å². The molecule has 0 aliphatic rings.